The average molecular weight is 124 g/mol. The standard InChI is InChI=1S/C7H12N2/c1-6(8)5-7-3-2-4-9-7/h2-4,6,9H,5,8H2,1H3/t6-/m0/s1. The molecule has 2 heteroatoms. The lowest BCUT2D eigenvalue weighted by Crippen LogP contribution is -2.17. The van der Waals surface area contributed by atoms with E-state index < -0.39 is 0 Å². The van der Waals surface area contributed by atoms with Crippen molar-refractivity contribution in [2.24, 2.45) is 5.73 Å². The molecule has 0 aliphatic rings. The van der Waals surface area contributed by atoms with Crippen molar-refractivity contribution in [3.8, 4) is 0 Å². The Balaban J connectivity index is 2.48. The summed E-state index contributed by atoms with van der Waals surface area (Å²) >= 11 is 0. The van der Waals surface area contributed by atoms with Crippen molar-refractivity contribution in [1.29, 1.82) is 0 Å². The van der Waals surface area contributed by atoms with Crippen LogP contribution in [0.15, 0.2) is 18.3 Å². The first kappa shape index (κ1) is 6.36. The van der Waals surface area contributed by atoms with E-state index in [4.69, 9.17) is 5.73 Å². The summed E-state index contributed by atoms with van der Waals surface area (Å²) in [6.45, 7) is 2.00. The molecule has 50 valence electrons. The number of nitrogens with one attached hydrogen (secondary N) is 1. The Morgan fingerprint density at radius 1 is 1.78 bits per heavy atom. The Kier molecular flexibility index (Phi) is 1.90. The molecule has 3 N–H and O–H groups in total. The van der Waals surface area contributed by atoms with Gasteiger partial charge in [-0.15, -0.1) is 0 Å². The molecule has 0 unspecified atom stereocenters. The van der Waals surface area contributed by atoms with E-state index in [0.29, 0.717) is 0 Å². The lowest BCUT2D eigenvalue weighted by atomic mass is 10.2. The molecule has 0 saturated heterocycles. The maximum Gasteiger partial charge on any atom is 0.0162 e. The number of hydrogen-bond acceptors (Lipinski definition) is 1. The Morgan fingerprint density at radius 2 is 2.56 bits per heavy atom. The minimum Gasteiger partial charge on any atom is -0.365 e. The van der Waals surface area contributed by atoms with Crippen LogP contribution in [0.4, 0.5) is 0 Å². The third-order valence-corrected chi connectivity index (χ3v) is 1.20. The highest BCUT2D eigenvalue weighted by atomic mass is 14.7. The molecule has 9 heavy (non-hydrogen) atoms. The zero-order valence-corrected chi connectivity index (χ0v) is 5.59. The largest absolute Gasteiger partial charge is 0.365 e. The van der Waals surface area contributed by atoms with Crippen LogP contribution in [-0.4, -0.2) is 11.0 Å². The Bertz CT molecular complexity index is 153. The normalized spacial score (nSPS) is 13.6. The fourth-order valence-corrected chi connectivity index (χ4v) is 0.841. The van der Waals surface area contributed by atoms with Crippen LogP contribution in [0.3, 0.4) is 0 Å². The van der Waals surface area contributed by atoms with E-state index in [1.54, 1.807) is 0 Å². The molecule has 0 radical (unpaired) electrons. The molecule has 1 heterocycles. The fraction of sp³-hybridized carbons (Fsp3) is 0.429. The van der Waals surface area contributed by atoms with E-state index in [-0.39, 0.29) is 6.04 Å². The molecular weight excluding hydrogens is 112 g/mol. The highest BCUT2D eigenvalue weighted by Gasteiger charge is 1.95. The average Bonchev–Trinajstić information content (AvgIpc) is 2.15. The van der Waals surface area contributed by atoms with Gasteiger partial charge in [-0.2, -0.15) is 0 Å². The van der Waals surface area contributed by atoms with E-state index in [2.05, 4.69) is 4.98 Å². The lowest BCUT2D eigenvalue weighted by molar-refractivity contribution is 0.726. The highest BCUT2D eigenvalue weighted by Crippen LogP contribution is 1.96. The van der Waals surface area contributed by atoms with Gasteiger partial charge in [0.2, 0.25) is 0 Å². The lowest BCUT2D eigenvalue weighted by Gasteiger charge is -2.00. The van der Waals surface area contributed by atoms with Gasteiger partial charge in [0.05, 0.1) is 0 Å². The molecular formula is C7H12N2. The summed E-state index contributed by atoms with van der Waals surface area (Å²) in [5, 5.41) is 0. The van der Waals surface area contributed by atoms with Crippen molar-refractivity contribution >= 4 is 0 Å². The Hall–Kier alpha value is -0.760. The van der Waals surface area contributed by atoms with Crippen LogP contribution in [0.2, 0.25) is 0 Å². The molecule has 1 aromatic heterocycles. The van der Waals surface area contributed by atoms with Crippen LogP contribution in [0.5, 0.6) is 0 Å². The van der Waals surface area contributed by atoms with Crippen molar-refractivity contribution in [3.05, 3.63) is 24.0 Å². The SMILES string of the molecule is C[C@H](N)Cc1ccc[nH]1. The van der Waals surface area contributed by atoms with E-state index in [9.17, 15) is 0 Å². The Morgan fingerprint density at radius 3 is 3.00 bits per heavy atom. The predicted molar refractivity (Wildman–Crippen MR) is 38.1 cm³/mol. The molecule has 0 aliphatic heterocycles. The highest BCUT2D eigenvalue weighted by molar-refractivity contribution is 5.04. The first-order valence-electron chi connectivity index (χ1n) is 3.17. The van der Waals surface area contributed by atoms with Crippen molar-refractivity contribution in [3.63, 3.8) is 0 Å². The van der Waals surface area contributed by atoms with Crippen LogP contribution in [0, 0.1) is 0 Å². The summed E-state index contributed by atoms with van der Waals surface area (Å²) in [6.07, 6.45) is 2.85. The minimum absolute atomic E-state index is 0.253. The first-order chi connectivity index (χ1) is 4.29. The van der Waals surface area contributed by atoms with Gasteiger partial charge >= 0.3 is 0 Å². The zero-order chi connectivity index (χ0) is 6.69. The fourth-order valence-electron chi connectivity index (χ4n) is 0.841. The summed E-state index contributed by atoms with van der Waals surface area (Å²) in [5.41, 5.74) is 6.78. The second-order valence-electron chi connectivity index (χ2n) is 2.38. The number of aromatic nitrogens is 1. The monoisotopic (exact) mass is 124 g/mol. The molecule has 0 aliphatic carbocycles. The summed E-state index contributed by atoms with van der Waals surface area (Å²) in [7, 11) is 0. The van der Waals surface area contributed by atoms with Gasteiger partial charge in [0.25, 0.3) is 0 Å². The molecule has 2 nitrogen and oxygen atoms in total. The maximum absolute atomic E-state index is 5.56. The molecule has 1 atom stereocenters. The summed E-state index contributed by atoms with van der Waals surface area (Å²) < 4.78 is 0. The van der Waals surface area contributed by atoms with Crippen molar-refractivity contribution in [2.45, 2.75) is 19.4 Å². The molecule has 0 aromatic carbocycles. The van der Waals surface area contributed by atoms with E-state index in [1.807, 2.05) is 25.3 Å². The van der Waals surface area contributed by atoms with Gasteiger partial charge in [-0.25, -0.2) is 0 Å². The van der Waals surface area contributed by atoms with E-state index in [0.717, 1.165) is 6.42 Å². The molecule has 0 fully saturated rings. The van der Waals surface area contributed by atoms with Crippen LogP contribution in [-0.2, 0) is 6.42 Å². The third-order valence-electron chi connectivity index (χ3n) is 1.20. The predicted octanol–water partition coefficient (Wildman–Crippen LogP) is 0.904. The number of H-pyrrole nitrogens is 1. The van der Waals surface area contributed by atoms with Crippen molar-refractivity contribution < 1.29 is 0 Å². The minimum atomic E-state index is 0.253. The van der Waals surface area contributed by atoms with Gasteiger partial charge in [-0.3, -0.25) is 0 Å². The van der Waals surface area contributed by atoms with Gasteiger partial charge in [0.15, 0.2) is 0 Å². The quantitative estimate of drug-likeness (QED) is 0.604. The second kappa shape index (κ2) is 2.69. The second-order valence-corrected chi connectivity index (χ2v) is 2.38. The summed E-state index contributed by atoms with van der Waals surface area (Å²) in [4.78, 5) is 3.09. The smallest absolute Gasteiger partial charge is 0.0162 e. The number of nitrogens with two attached hydrogens (primary N) is 1. The number of rotatable bonds is 2. The van der Waals surface area contributed by atoms with Crippen LogP contribution in [0.1, 0.15) is 12.6 Å². The number of hydrogen-bond donors (Lipinski definition) is 2. The molecule has 0 bridgehead atoms. The van der Waals surface area contributed by atoms with Crippen molar-refractivity contribution in [1.82, 2.24) is 4.98 Å². The zero-order valence-electron chi connectivity index (χ0n) is 5.59. The van der Waals surface area contributed by atoms with Gasteiger partial charge in [0.1, 0.15) is 0 Å². The topological polar surface area (TPSA) is 41.8 Å². The van der Waals surface area contributed by atoms with E-state index >= 15 is 0 Å². The van der Waals surface area contributed by atoms with Crippen molar-refractivity contribution in [2.75, 3.05) is 0 Å². The van der Waals surface area contributed by atoms with Gasteiger partial charge in [-0.1, -0.05) is 0 Å². The van der Waals surface area contributed by atoms with Gasteiger partial charge in [-0.05, 0) is 19.1 Å². The molecule has 0 saturated carbocycles. The molecule has 1 aromatic rings. The number of aromatic amines is 1. The summed E-state index contributed by atoms with van der Waals surface area (Å²) in [6, 6.07) is 4.28. The Labute approximate surface area is 55.1 Å². The van der Waals surface area contributed by atoms with Crippen LogP contribution in [0.25, 0.3) is 0 Å². The molecule has 0 spiro atoms. The third kappa shape index (κ3) is 1.90. The first-order valence-corrected chi connectivity index (χ1v) is 3.17. The molecule has 0 amide bonds. The maximum atomic E-state index is 5.56. The van der Waals surface area contributed by atoms with Gasteiger partial charge < -0.3 is 10.7 Å². The summed E-state index contributed by atoms with van der Waals surface area (Å²) in [5.74, 6) is 0. The van der Waals surface area contributed by atoms with E-state index in [1.165, 1.54) is 5.69 Å². The van der Waals surface area contributed by atoms with Crippen LogP contribution >= 0.6 is 0 Å². The van der Waals surface area contributed by atoms with Crippen LogP contribution < -0.4 is 5.73 Å². The van der Waals surface area contributed by atoms with Gasteiger partial charge in [0, 0.05) is 24.4 Å². The molecule has 1 rings (SSSR count).